The molecule has 0 fully saturated rings. The lowest BCUT2D eigenvalue weighted by Crippen LogP contribution is -2.30. The van der Waals surface area contributed by atoms with Gasteiger partial charge in [-0.3, -0.25) is 4.79 Å². The normalized spacial score (nSPS) is 11.8. The molecule has 0 radical (unpaired) electrons. The first kappa shape index (κ1) is 19.4. The summed E-state index contributed by atoms with van der Waals surface area (Å²) in [6.45, 7) is 6.57. The molecule has 1 unspecified atom stereocenters. The molecule has 0 spiro atoms. The molecule has 1 aromatic heterocycles. The second-order valence-electron chi connectivity index (χ2n) is 6.26. The summed E-state index contributed by atoms with van der Waals surface area (Å²) in [5.41, 5.74) is 4.55. The van der Waals surface area contributed by atoms with Crippen molar-refractivity contribution in [1.29, 1.82) is 0 Å². The molecule has 5 nitrogen and oxygen atoms in total. The molecule has 0 aliphatic carbocycles. The van der Waals surface area contributed by atoms with E-state index in [0.29, 0.717) is 6.54 Å². The minimum atomic E-state index is -0.240. The maximum atomic E-state index is 12.3. The van der Waals surface area contributed by atoms with E-state index in [2.05, 4.69) is 46.8 Å². The predicted octanol–water partition coefficient (Wildman–Crippen LogP) is 4.70. The molecule has 27 heavy (non-hydrogen) atoms. The Labute approximate surface area is 167 Å². The summed E-state index contributed by atoms with van der Waals surface area (Å²) in [6.07, 6.45) is 0. The topological polar surface area (TPSA) is 66.9 Å². The zero-order valence-electron chi connectivity index (χ0n) is 15.5. The zero-order chi connectivity index (χ0) is 19.2. The minimum Gasteiger partial charge on any atom is -0.351 e. The molecule has 0 saturated heterocycles. The Morgan fingerprint density at radius 3 is 2.63 bits per heavy atom. The Balaban J connectivity index is 1.53. The minimum absolute atomic E-state index is 0.0114. The number of anilines is 2. The number of aryl methyl sites for hydroxylation is 2. The van der Waals surface area contributed by atoms with Gasteiger partial charge in [0.2, 0.25) is 11.0 Å². The average Bonchev–Trinajstić information content (AvgIpc) is 3.10. The molecule has 3 aromatic rings. The number of amides is 1. The van der Waals surface area contributed by atoms with Crippen molar-refractivity contribution in [2.45, 2.75) is 36.9 Å². The van der Waals surface area contributed by atoms with Crippen molar-refractivity contribution < 1.29 is 4.79 Å². The molecule has 140 valence electrons. The Morgan fingerprint density at radius 2 is 1.89 bits per heavy atom. The molecule has 1 atom stereocenters. The van der Waals surface area contributed by atoms with Gasteiger partial charge in [-0.1, -0.05) is 59.5 Å². The van der Waals surface area contributed by atoms with E-state index in [-0.39, 0.29) is 11.2 Å². The van der Waals surface area contributed by atoms with Crippen LogP contribution in [0.1, 0.15) is 23.6 Å². The molecule has 1 amide bonds. The summed E-state index contributed by atoms with van der Waals surface area (Å²) < 4.78 is 0.767. The van der Waals surface area contributed by atoms with Crippen LogP contribution in [-0.4, -0.2) is 21.4 Å². The van der Waals surface area contributed by atoms with Crippen molar-refractivity contribution in [3.05, 3.63) is 65.2 Å². The zero-order valence-corrected chi connectivity index (χ0v) is 17.2. The molecular weight excluding hydrogens is 376 g/mol. The van der Waals surface area contributed by atoms with Crippen LogP contribution in [0.2, 0.25) is 0 Å². The van der Waals surface area contributed by atoms with Gasteiger partial charge in [-0.05, 0) is 49.6 Å². The summed E-state index contributed by atoms with van der Waals surface area (Å²) in [6, 6.07) is 16.1. The van der Waals surface area contributed by atoms with Crippen LogP contribution in [0.15, 0.2) is 52.9 Å². The Kier molecular flexibility index (Phi) is 6.47. The van der Waals surface area contributed by atoms with Gasteiger partial charge in [-0.2, -0.15) is 0 Å². The molecule has 2 N–H and O–H groups in total. The number of hydrogen-bond donors (Lipinski definition) is 2. The van der Waals surface area contributed by atoms with Crippen molar-refractivity contribution in [1.82, 2.24) is 15.5 Å². The number of rotatable bonds is 7. The fraction of sp³-hybridized carbons (Fsp3) is 0.250. The van der Waals surface area contributed by atoms with Gasteiger partial charge in [0.25, 0.3) is 0 Å². The molecule has 7 heteroatoms. The van der Waals surface area contributed by atoms with Crippen LogP contribution < -0.4 is 10.6 Å². The highest BCUT2D eigenvalue weighted by molar-refractivity contribution is 8.02. The first-order valence-electron chi connectivity index (χ1n) is 8.67. The number of carbonyl (C=O) groups is 1. The Bertz CT molecular complexity index is 911. The second kappa shape index (κ2) is 9.01. The van der Waals surface area contributed by atoms with Crippen LogP contribution in [0, 0.1) is 13.8 Å². The number of benzene rings is 2. The van der Waals surface area contributed by atoms with Gasteiger partial charge in [0, 0.05) is 12.2 Å². The molecule has 0 aliphatic heterocycles. The number of aromatic nitrogens is 2. The largest absolute Gasteiger partial charge is 0.351 e. The number of hydrogen-bond acceptors (Lipinski definition) is 6. The lowest BCUT2D eigenvalue weighted by Gasteiger charge is -2.10. The van der Waals surface area contributed by atoms with Gasteiger partial charge in [-0.15, -0.1) is 10.2 Å². The summed E-state index contributed by atoms with van der Waals surface area (Å²) in [4.78, 5) is 12.3. The van der Waals surface area contributed by atoms with Crippen molar-refractivity contribution in [3.8, 4) is 0 Å². The number of nitrogens with one attached hydrogen (secondary N) is 2. The number of nitrogens with zero attached hydrogens (tertiary/aromatic N) is 2. The van der Waals surface area contributed by atoms with E-state index >= 15 is 0 Å². The van der Waals surface area contributed by atoms with Crippen LogP contribution in [-0.2, 0) is 11.3 Å². The highest BCUT2D eigenvalue weighted by Gasteiger charge is 2.17. The summed E-state index contributed by atoms with van der Waals surface area (Å²) >= 11 is 2.86. The monoisotopic (exact) mass is 398 g/mol. The molecule has 0 saturated carbocycles. The van der Waals surface area contributed by atoms with Crippen molar-refractivity contribution in [2.24, 2.45) is 0 Å². The fourth-order valence-electron chi connectivity index (χ4n) is 2.38. The molecule has 3 rings (SSSR count). The maximum absolute atomic E-state index is 12.3. The van der Waals surface area contributed by atoms with Gasteiger partial charge in [-0.25, -0.2) is 0 Å². The maximum Gasteiger partial charge on any atom is 0.233 e. The van der Waals surface area contributed by atoms with Crippen LogP contribution in [0.25, 0.3) is 0 Å². The van der Waals surface area contributed by atoms with Crippen molar-refractivity contribution >= 4 is 39.8 Å². The van der Waals surface area contributed by atoms with Crippen molar-refractivity contribution in [3.63, 3.8) is 0 Å². The fourth-order valence-corrected chi connectivity index (χ4v) is 4.32. The van der Waals surface area contributed by atoms with Gasteiger partial charge < -0.3 is 10.6 Å². The Hall–Kier alpha value is -2.38. The summed E-state index contributed by atoms with van der Waals surface area (Å²) in [5, 5.41) is 15.1. The summed E-state index contributed by atoms with van der Waals surface area (Å²) in [7, 11) is 0. The van der Waals surface area contributed by atoms with Crippen molar-refractivity contribution in [2.75, 3.05) is 5.32 Å². The average molecular weight is 399 g/mol. The third-order valence-corrected chi connectivity index (χ3v) is 6.14. The third-order valence-electron chi connectivity index (χ3n) is 4.12. The lowest BCUT2D eigenvalue weighted by atomic mass is 10.1. The molecular formula is C20H22N4OS2. The second-order valence-corrected chi connectivity index (χ2v) is 8.83. The molecule has 0 bridgehead atoms. The lowest BCUT2D eigenvalue weighted by molar-refractivity contribution is -0.120. The number of thioether (sulfide) groups is 1. The van der Waals surface area contributed by atoms with E-state index in [1.807, 2.05) is 43.3 Å². The summed E-state index contributed by atoms with van der Waals surface area (Å²) in [5.74, 6) is -0.0114. The third kappa shape index (κ3) is 5.55. The number of carbonyl (C=O) groups excluding carboxylic acids is 1. The standard InChI is InChI=1S/C20H22N4OS2/c1-13-9-10-17(11-14(13)2)22-19-23-24-20(27-19)26-15(3)18(25)21-12-16-7-5-4-6-8-16/h4-11,15H,12H2,1-3H3,(H,21,25)(H,22,23). The highest BCUT2D eigenvalue weighted by Crippen LogP contribution is 2.30. The van der Waals surface area contributed by atoms with Gasteiger partial charge in [0.15, 0.2) is 4.34 Å². The van der Waals surface area contributed by atoms with E-state index in [1.54, 1.807) is 0 Å². The first-order valence-corrected chi connectivity index (χ1v) is 10.4. The van der Waals surface area contributed by atoms with E-state index in [1.165, 1.54) is 34.2 Å². The molecule has 1 heterocycles. The van der Waals surface area contributed by atoms with Crippen LogP contribution >= 0.6 is 23.1 Å². The predicted molar refractivity (Wildman–Crippen MR) is 113 cm³/mol. The Morgan fingerprint density at radius 1 is 1.11 bits per heavy atom. The van der Waals surface area contributed by atoms with E-state index in [0.717, 1.165) is 20.7 Å². The van der Waals surface area contributed by atoms with Gasteiger partial charge in [0.05, 0.1) is 5.25 Å². The van der Waals surface area contributed by atoms with Gasteiger partial charge in [0.1, 0.15) is 0 Å². The highest BCUT2D eigenvalue weighted by atomic mass is 32.2. The van der Waals surface area contributed by atoms with Crippen LogP contribution in [0.3, 0.4) is 0 Å². The van der Waals surface area contributed by atoms with Crippen LogP contribution in [0.5, 0.6) is 0 Å². The SMILES string of the molecule is Cc1ccc(Nc2nnc(SC(C)C(=O)NCc3ccccc3)s2)cc1C. The van der Waals surface area contributed by atoms with E-state index in [9.17, 15) is 4.79 Å². The van der Waals surface area contributed by atoms with E-state index < -0.39 is 0 Å². The van der Waals surface area contributed by atoms with Gasteiger partial charge >= 0.3 is 0 Å². The smallest absolute Gasteiger partial charge is 0.233 e. The first-order chi connectivity index (χ1) is 13.0. The van der Waals surface area contributed by atoms with E-state index in [4.69, 9.17) is 0 Å². The molecule has 0 aliphatic rings. The molecule has 2 aromatic carbocycles. The quantitative estimate of drug-likeness (QED) is 0.565. The van der Waals surface area contributed by atoms with Crippen LogP contribution in [0.4, 0.5) is 10.8 Å².